The fourth-order valence-corrected chi connectivity index (χ4v) is 3.12. The number of aldehydes is 1. The van der Waals surface area contributed by atoms with Crippen LogP contribution in [0.3, 0.4) is 0 Å². The van der Waals surface area contributed by atoms with Crippen molar-refractivity contribution in [3.63, 3.8) is 0 Å². The molecule has 0 aliphatic carbocycles. The Morgan fingerprint density at radius 1 is 1.00 bits per heavy atom. The number of rotatable bonds is 5. The minimum atomic E-state index is 0.529. The molecule has 0 saturated heterocycles. The lowest BCUT2D eigenvalue weighted by Gasteiger charge is -2.06. The number of hydrogen-bond acceptors (Lipinski definition) is 1. The summed E-state index contributed by atoms with van der Waals surface area (Å²) in [6, 6.07) is 17.8. The molecule has 3 rings (SSSR count). The first-order chi connectivity index (χ1) is 11.8. The summed E-state index contributed by atoms with van der Waals surface area (Å²) in [5.41, 5.74) is 2.64. The molecule has 1 heterocycles. The van der Waals surface area contributed by atoms with Crippen LogP contribution in [-0.2, 0) is 6.54 Å². The third kappa shape index (κ3) is 3.53. The molecule has 0 N–H and O–H groups in total. The summed E-state index contributed by atoms with van der Waals surface area (Å²) in [6.45, 7) is 0.792. The highest BCUT2D eigenvalue weighted by molar-refractivity contribution is 6.34. The number of hydrogen-bond donors (Lipinski definition) is 0. The highest BCUT2D eigenvalue weighted by Crippen LogP contribution is 2.29. The van der Waals surface area contributed by atoms with E-state index in [0.29, 0.717) is 10.7 Å². The maximum absolute atomic E-state index is 11.3. The molecule has 0 aliphatic heterocycles. The third-order valence-electron chi connectivity index (χ3n) is 4.00. The zero-order valence-corrected chi connectivity index (χ0v) is 14.1. The van der Waals surface area contributed by atoms with Gasteiger partial charge >= 0.3 is 0 Å². The van der Waals surface area contributed by atoms with Crippen molar-refractivity contribution in [2.24, 2.45) is 0 Å². The molecule has 2 nitrogen and oxygen atoms in total. The maximum atomic E-state index is 11.3. The molecule has 0 unspecified atom stereocenters. The monoisotopic (exact) mass is 335 g/mol. The highest BCUT2D eigenvalue weighted by Gasteiger charge is 2.13. The molecule has 0 spiro atoms. The summed E-state index contributed by atoms with van der Waals surface area (Å²) in [4.78, 5) is 11.3. The molecular formula is C21H18ClNO. The van der Waals surface area contributed by atoms with E-state index in [0.717, 1.165) is 48.6 Å². The summed E-state index contributed by atoms with van der Waals surface area (Å²) in [5, 5.41) is 1.45. The van der Waals surface area contributed by atoms with Crippen LogP contribution < -0.4 is 0 Å². The van der Waals surface area contributed by atoms with Crippen LogP contribution >= 0.6 is 11.6 Å². The van der Waals surface area contributed by atoms with Gasteiger partial charge in [-0.2, -0.15) is 0 Å². The van der Waals surface area contributed by atoms with Gasteiger partial charge in [0.2, 0.25) is 0 Å². The van der Waals surface area contributed by atoms with E-state index >= 15 is 0 Å². The zero-order valence-electron chi connectivity index (χ0n) is 13.3. The lowest BCUT2D eigenvalue weighted by atomic mass is 10.2. The first kappa shape index (κ1) is 16.4. The summed E-state index contributed by atoms with van der Waals surface area (Å²) >= 11 is 6.38. The van der Waals surface area contributed by atoms with Crippen molar-refractivity contribution >= 4 is 28.8 Å². The fraction of sp³-hybridized carbons (Fsp3) is 0.190. The van der Waals surface area contributed by atoms with Crippen molar-refractivity contribution in [1.29, 1.82) is 0 Å². The minimum absolute atomic E-state index is 0.529. The van der Waals surface area contributed by atoms with Crippen molar-refractivity contribution < 1.29 is 4.79 Å². The van der Waals surface area contributed by atoms with Crippen LogP contribution in [0.1, 0.15) is 35.2 Å². The molecule has 0 fully saturated rings. The maximum Gasteiger partial charge on any atom is 0.153 e. The van der Waals surface area contributed by atoms with E-state index < -0.39 is 0 Å². The van der Waals surface area contributed by atoms with Gasteiger partial charge in [-0.1, -0.05) is 59.8 Å². The van der Waals surface area contributed by atoms with E-state index in [2.05, 4.69) is 11.8 Å². The van der Waals surface area contributed by atoms with Crippen molar-refractivity contribution in [1.82, 2.24) is 4.57 Å². The van der Waals surface area contributed by atoms with Crippen molar-refractivity contribution in [2.45, 2.75) is 25.8 Å². The first-order valence-electron chi connectivity index (χ1n) is 8.07. The van der Waals surface area contributed by atoms with Crippen LogP contribution in [0.2, 0.25) is 5.15 Å². The third-order valence-corrected chi connectivity index (χ3v) is 4.41. The van der Waals surface area contributed by atoms with Gasteiger partial charge in [-0.15, -0.1) is 0 Å². The molecule has 0 saturated carbocycles. The Balaban J connectivity index is 1.62. The molecule has 1 aromatic heterocycles. The molecule has 120 valence electrons. The van der Waals surface area contributed by atoms with Gasteiger partial charge in [0.05, 0.1) is 5.56 Å². The van der Waals surface area contributed by atoms with Gasteiger partial charge in [0.25, 0.3) is 0 Å². The average Bonchev–Trinajstić information content (AvgIpc) is 2.90. The number of benzene rings is 2. The summed E-state index contributed by atoms with van der Waals surface area (Å²) in [6.07, 6.45) is 3.66. The van der Waals surface area contributed by atoms with Crippen LogP contribution in [0.4, 0.5) is 0 Å². The van der Waals surface area contributed by atoms with Gasteiger partial charge in [-0.3, -0.25) is 4.79 Å². The predicted octanol–water partition coefficient (Wildman–Crippen LogP) is 5.33. The summed E-state index contributed by atoms with van der Waals surface area (Å²) in [5.74, 6) is 6.38. The smallest absolute Gasteiger partial charge is 0.153 e. The normalized spacial score (nSPS) is 10.4. The van der Waals surface area contributed by atoms with E-state index in [9.17, 15) is 4.79 Å². The number of aryl methyl sites for hydroxylation is 1. The Bertz CT molecular complexity index is 900. The SMILES string of the molecule is O=Cc1c(Cl)n(CCCCC#Cc2ccccc2)c2ccccc12. The second-order valence-corrected chi connectivity index (χ2v) is 5.97. The Morgan fingerprint density at radius 3 is 2.54 bits per heavy atom. The molecule has 3 heteroatoms. The molecule has 2 aromatic carbocycles. The number of fused-ring (bicyclic) bond motifs is 1. The number of nitrogens with zero attached hydrogens (tertiary/aromatic N) is 1. The van der Waals surface area contributed by atoms with Crippen molar-refractivity contribution in [3.05, 3.63) is 70.9 Å². The Labute approximate surface area is 147 Å². The molecule has 0 amide bonds. The van der Waals surface area contributed by atoms with Crippen LogP contribution in [0, 0.1) is 11.8 Å². The van der Waals surface area contributed by atoms with E-state index in [1.165, 1.54) is 0 Å². The van der Waals surface area contributed by atoms with Crippen LogP contribution in [-0.4, -0.2) is 10.9 Å². The molecular weight excluding hydrogens is 318 g/mol. The number of halogens is 1. The zero-order chi connectivity index (χ0) is 16.8. The van der Waals surface area contributed by atoms with Crippen LogP contribution in [0.5, 0.6) is 0 Å². The van der Waals surface area contributed by atoms with Crippen LogP contribution in [0.15, 0.2) is 54.6 Å². The molecule has 0 bridgehead atoms. The lowest BCUT2D eigenvalue weighted by molar-refractivity contribution is 0.112. The van der Waals surface area contributed by atoms with Gasteiger partial charge in [0.1, 0.15) is 5.15 Å². The van der Waals surface area contributed by atoms with Crippen molar-refractivity contribution in [2.75, 3.05) is 0 Å². The Morgan fingerprint density at radius 2 is 1.75 bits per heavy atom. The largest absolute Gasteiger partial charge is 0.331 e. The van der Waals surface area contributed by atoms with E-state index in [4.69, 9.17) is 11.6 Å². The molecule has 3 aromatic rings. The second kappa shape index (κ2) is 7.86. The summed E-state index contributed by atoms with van der Waals surface area (Å²) < 4.78 is 2.02. The van der Waals surface area contributed by atoms with E-state index in [1.807, 2.05) is 59.2 Å². The first-order valence-corrected chi connectivity index (χ1v) is 8.45. The standard InChI is InChI=1S/C21H18ClNO/c22-21-19(16-24)18-13-7-8-14-20(18)23(21)15-9-2-1-4-10-17-11-5-3-6-12-17/h3,5-8,11-14,16H,1-2,9,15H2. The topological polar surface area (TPSA) is 22.0 Å². The quantitative estimate of drug-likeness (QED) is 0.351. The Hall–Kier alpha value is -2.50. The van der Waals surface area contributed by atoms with Crippen LogP contribution in [0.25, 0.3) is 10.9 Å². The fourth-order valence-electron chi connectivity index (χ4n) is 2.80. The lowest BCUT2D eigenvalue weighted by Crippen LogP contribution is -1.98. The van der Waals surface area contributed by atoms with E-state index in [-0.39, 0.29) is 0 Å². The molecule has 24 heavy (non-hydrogen) atoms. The molecule has 0 radical (unpaired) electrons. The number of carbonyl (C=O) groups is 1. The predicted molar refractivity (Wildman–Crippen MR) is 99.5 cm³/mol. The van der Waals surface area contributed by atoms with E-state index in [1.54, 1.807) is 0 Å². The summed E-state index contributed by atoms with van der Waals surface area (Å²) in [7, 11) is 0. The number of carbonyl (C=O) groups excluding carboxylic acids is 1. The molecule has 0 atom stereocenters. The van der Waals surface area contributed by atoms with Gasteiger partial charge in [-0.05, 0) is 31.0 Å². The average molecular weight is 336 g/mol. The molecule has 0 aliphatic rings. The van der Waals surface area contributed by atoms with Gasteiger partial charge in [-0.25, -0.2) is 0 Å². The number of para-hydroxylation sites is 1. The van der Waals surface area contributed by atoms with Gasteiger partial charge in [0, 0.05) is 29.4 Å². The minimum Gasteiger partial charge on any atom is -0.331 e. The Kier molecular flexibility index (Phi) is 5.36. The highest BCUT2D eigenvalue weighted by atomic mass is 35.5. The number of unbranched alkanes of at least 4 members (excludes halogenated alkanes) is 2. The second-order valence-electron chi connectivity index (χ2n) is 5.62. The van der Waals surface area contributed by atoms with Gasteiger partial charge < -0.3 is 4.57 Å². The number of aromatic nitrogens is 1. The van der Waals surface area contributed by atoms with Crippen molar-refractivity contribution in [3.8, 4) is 11.8 Å². The van der Waals surface area contributed by atoms with Gasteiger partial charge in [0.15, 0.2) is 6.29 Å².